The maximum atomic E-state index is 11.7. The van der Waals surface area contributed by atoms with Crippen LogP contribution in [0.4, 0.5) is 0 Å². The number of rotatable bonds is 9. The molecule has 6 nitrogen and oxygen atoms in total. The van der Waals surface area contributed by atoms with E-state index in [1.807, 2.05) is 0 Å². The van der Waals surface area contributed by atoms with Crippen LogP contribution in [-0.2, 0) is 23.5 Å². The van der Waals surface area contributed by atoms with E-state index in [1.54, 1.807) is 23.0 Å². The Kier molecular flexibility index (Phi) is 6.47. The van der Waals surface area contributed by atoms with Crippen molar-refractivity contribution in [3.05, 3.63) is 26.6 Å². The Hall–Kier alpha value is -1.12. The lowest BCUT2D eigenvalue weighted by Gasteiger charge is -2.04. The van der Waals surface area contributed by atoms with Crippen molar-refractivity contribution in [2.24, 2.45) is 0 Å². The first-order valence-electron chi connectivity index (χ1n) is 6.94. The van der Waals surface area contributed by atoms with Crippen LogP contribution in [-0.4, -0.2) is 33.5 Å². The van der Waals surface area contributed by atoms with Gasteiger partial charge in [0.15, 0.2) is 5.16 Å². The Balaban J connectivity index is 1.94. The van der Waals surface area contributed by atoms with Crippen molar-refractivity contribution < 1.29 is 4.74 Å². The molecule has 0 saturated heterocycles. The summed E-state index contributed by atoms with van der Waals surface area (Å²) in [6.45, 7) is 3.40. The molecule has 0 amide bonds. The maximum Gasteiger partial charge on any atom is 0.343 e. The van der Waals surface area contributed by atoms with Gasteiger partial charge >= 0.3 is 5.69 Å². The molecule has 1 N–H and O–H groups in total. The van der Waals surface area contributed by atoms with E-state index >= 15 is 0 Å². The molecule has 21 heavy (non-hydrogen) atoms. The molecule has 0 aromatic carbocycles. The highest BCUT2D eigenvalue weighted by Crippen LogP contribution is 2.21. The van der Waals surface area contributed by atoms with Crippen molar-refractivity contribution in [1.82, 2.24) is 19.7 Å². The fourth-order valence-electron chi connectivity index (χ4n) is 1.86. The number of aryl methyl sites for hydroxylation is 1. The average Bonchev–Trinajstić information content (AvgIpc) is 3.06. The van der Waals surface area contributed by atoms with E-state index in [9.17, 15) is 4.79 Å². The van der Waals surface area contributed by atoms with Gasteiger partial charge in [0.2, 0.25) is 0 Å². The van der Waals surface area contributed by atoms with Gasteiger partial charge in [-0.15, -0.1) is 16.4 Å². The van der Waals surface area contributed by atoms with Crippen LogP contribution in [0.2, 0.25) is 0 Å². The lowest BCUT2D eigenvalue weighted by molar-refractivity contribution is 0.189. The number of thiazole rings is 1. The summed E-state index contributed by atoms with van der Waals surface area (Å²) in [5.41, 5.74) is 0.880. The van der Waals surface area contributed by atoms with Gasteiger partial charge in [-0.05, 0) is 19.3 Å². The van der Waals surface area contributed by atoms with Crippen molar-refractivity contribution in [2.75, 3.05) is 13.7 Å². The summed E-state index contributed by atoms with van der Waals surface area (Å²) < 4.78 is 6.67. The number of methoxy groups -OCH3 is 1. The third-order valence-corrected chi connectivity index (χ3v) is 4.83. The zero-order valence-electron chi connectivity index (χ0n) is 12.3. The van der Waals surface area contributed by atoms with Crippen molar-refractivity contribution in [3.8, 4) is 0 Å². The average molecular weight is 328 g/mol. The molecule has 2 aromatic rings. The molecule has 0 fully saturated rings. The number of nitrogens with zero attached hydrogens (tertiary/aromatic N) is 3. The van der Waals surface area contributed by atoms with Gasteiger partial charge < -0.3 is 4.74 Å². The Labute approximate surface area is 131 Å². The van der Waals surface area contributed by atoms with Crippen molar-refractivity contribution in [1.29, 1.82) is 0 Å². The summed E-state index contributed by atoms with van der Waals surface area (Å²) in [6.07, 6.45) is 2.93. The quantitative estimate of drug-likeness (QED) is 0.565. The van der Waals surface area contributed by atoms with Gasteiger partial charge in [-0.3, -0.25) is 4.57 Å². The highest BCUT2D eigenvalue weighted by Gasteiger charge is 2.10. The second-order valence-electron chi connectivity index (χ2n) is 4.58. The third-order valence-electron chi connectivity index (χ3n) is 2.87. The number of hydrogen-bond donors (Lipinski definition) is 1. The maximum absolute atomic E-state index is 11.7. The van der Waals surface area contributed by atoms with E-state index in [2.05, 4.69) is 27.5 Å². The fraction of sp³-hybridized carbons (Fsp3) is 0.615. The Bertz CT molecular complexity index is 605. The second-order valence-corrected chi connectivity index (χ2v) is 6.47. The lowest BCUT2D eigenvalue weighted by atomic mass is 10.3. The standard InChI is InChI=1S/C13H20N4O2S2/c1-3-5-11-14-10(8-20-11)9-21-13-16-15-12(18)17(13)6-4-7-19-2/h8H,3-7,9H2,1-2H3,(H,15,18). The van der Waals surface area contributed by atoms with E-state index in [4.69, 9.17) is 4.74 Å². The monoisotopic (exact) mass is 328 g/mol. The van der Waals surface area contributed by atoms with Crippen LogP contribution in [0.5, 0.6) is 0 Å². The molecule has 0 saturated carbocycles. The van der Waals surface area contributed by atoms with Gasteiger partial charge in [-0.2, -0.15) is 0 Å². The lowest BCUT2D eigenvalue weighted by Crippen LogP contribution is -2.18. The van der Waals surface area contributed by atoms with Gasteiger partial charge in [-0.25, -0.2) is 14.9 Å². The molecule has 0 radical (unpaired) electrons. The summed E-state index contributed by atoms with van der Waals surface area (Å²) in [6, 6.07) is 0. The summed E-state index contributed by atoms with van der Waals surface area (Å²) in [4.78, 5) is 16.3. The molecule has 2 heterocycles. The summed E-state index contributed by atoms with van der Waals surface area (Å²) in [5.74, 6) is 0.731. The Morgan fingerprint density at radius 2 is 2.38 bits per heavy atom. The third kappa shape index (κ3) is 4.69. The van der Waals surface area contributed by atoms with E-state index in [0.29, 0.717) is 18.3 Å². The van der Waals surface area contributed by atoms with Crippen LogP contribution in [0.15, 0.2) is 15.3 Å². The number of ether oxygens (including phenoxy) is 1. The zero-order valence-corrected chi connectivity index (χ0v) is 13.9. The van der Waals surface area contributed by atoms with E-state index in [1.165, 1.54) is 16.8 Å². The van der Waals surface area contributed by atoms with Gasteiger partial charge in [0.05, 0.1) is 10.7 Å². The molecule has 0 atom stereocenters. The van der Waals surface area contributed by atoms with Crippen LogP contribution < -0.4 is 5.69 Å². The molecule has 2 rings (SSSR count). The number of hydrogen-bond acceptors (Lipinski definition) is 6. The van der Waals surface area contributed by atoms with Gasteiger partial charge in [0.1, 0.15) is 0 Å². The first-order valence-corrected chi connectivity index (χ1v) is 8.81. The number of aromatic nitrogens is 4. The first kappa shape index (κ1) is 16.3. The number of thioether (sulfide) groups is 1. The molecule has 0 spiro atoms. The molecule has 0 aliphatic rings. The van der Waals surface area contributed by atoms with Crippen LogP contribution in [0.25, 0.3) is 0 Å². The van der Waals surface area contributed by atoms with Crippen molar-refractivity contribution >= 4 is 23.1 Å². The van der Waals surface area contributed by atoms with Crippen molar-refractivity contribution in [3.63, 3.8) is 0 Å². The molecular formula is C13H20N4O2S2. The smallest absolute Gasteiger partial charge is 0.343 e. The van der Waals surface area contributed by atoms with Crippen LogP contribution in [0, 0.1) is 0 Å². The highest BCUT2D eigenvalue weighted by atomic mass is 32.2. The SMILES string of the molecule is CCCc1nc(CSc2n[nH]c(=O)n2CCCOC)cs1. The summed E-state index contributed by atoms with van der Waals surface area (Å²) in [7, 11) is 1.66. The molecule has 0 aliphatic heterocycles. The highest BCUT2D eigenvalue weighted by molar-refractivity contribution is 7.98. The molecular weight excluding hydrogens is 308 g/mol. The predicted molar refractivity (Wildman–Crippen MR) is 85.0 cm³/mol. The first-order chi connectivity index (χ1) is 10.2. The minimum atomic E-state index is -0.168. The predicted octanol–water partition coefficient (Wildman–Crippen LogP) is 2.31. The number of H-pyrrole nitrogens is 1. The molecule has 2 aromatic heterocycles. The summed E-state index contributed by atoms with van der Waals surface area (Å²) >= 11 is 3.23. The van der Waals surface area contributed by atoms with Gasteiger partial charge in [-0.1, -0.05) is 18.7 Å². The van der Waals surface area contributed by atoms with Gasteiger partial charge in [0, 0.05) is 31.4 Å². The van der Waals surface area contributed by atoms with Crippen LogP contribution in [0.3, 0.4) is 0 Å². The Morgan fingerprint density at radius 1 is 1.52 bits per heavy atom. The van der Waals surface area contributed by atoms with Crippen LogP contribution in [0.1, 0.15) is 30.5 Å². The molecule has 0 aliphatic carbocycles. The number of aromatic amines is 1. The second kappa shape index (κ2) is 8.35. The number of nitrogens with one attached hydrogen (secondary N) is 1. The van der Waals surface area contributed by atoms with E-state index in [-0.39, 0.29) is 5.69 Å². The van der Waals surface area contributed by atoms with Crippen molar-refractivity contribution in [2.45, 2.75) is 43.6 Å². The van der Waals surface area contributed by atoms with E-state index < -0.39 is 0 Å². The molecule has 0 bridgehead atoms. The fourth-order valence-corrected chi connectivity index (χ4v) is 3.73. The Morgan fingerprint density at radius 3 is 3.14 bits per heavy atom. The summed E-state index contributed by atoms with van der Waals surface area (Å²) in [5, 5.41) is 10.5. The van der Waals surface area contributed by atoms with Gasteiger partial charge in [0.25, 0.3) is 0 Å². The molecule has 116 valence electrons. The minimum Gasteiger partial charge on any atom is -0.385 e. The minimum absolute atomic E-state index is 0.168. The molecule has 8 heteroatoms. The van der Waals surface area contributed by atoms with E-state index in [0.717, 1.165) is 30.7 Å². The topological polar surface area (TPSA) is 72.8 Å². The van der Waals surface area contributed by atoms with Crippen LogP contribution >= 0.6 is 23.1 Å². The zero-order chi connectivity index (χ0) is 15.1. The molecule has 0 unspecified atom stereocenters. The normalized spacial score (nSPS) is 11.1. The largest absolute Gasteiger partial charge is 0.385 e.